The molecular formula is C5H8NO4PS. The third-order valence-electron chi connectivity index (χ3n) is 1.35. The molecular weight excluding hydrogens is 201 g/mol. The van der Waals surface area contributed by atoms with E-state index in [1.807, 2.05) is 0 Å². The first-order valence-corrected chi connectivity index (χ1v) is 6.27. The van der Waals surface area contributed by atoms with Crippen LogP contribution in [0.3, 0.4) is 0 Å². The van der Waals surface area contributed by atoms with Gasteiger partial charge in [0.2, 0.25) is 5.91 Å². The maximum Gasteiger partial charge on any atom is 0.330 e. The molecule has 0 saturated carbocycles. The maximum atomic E-state index is 10.8. The van der Waals surface area contributed by atoms with Gasteiger partial charge in [-0.05, 0) is 5.80 Å². The lowest BCUT2D eigenvalue weighted by Gasteiger charge is -2.22. The number of thiol groups is 1. The Morgan fingerprint density at radius 3 is 2.83 bits per heavy atom. The second kappa shape index (κ2) is 3.12. The van der Waals surface area contributed by atoms with Crippen LogP contribution in [0.25, 0.3) is 0 Å². The van der Waals surface area contributed by atoms with Gasteiger partial charge in [0.25, 0.3) is 0 Å². The zero-order valence-corrected chi connectivity index (χ0v) is 7.76. The van der Waals surface area contributed by atoms with Crippen LogP contribution in [0.1, 0.15) is 0 Å². The lowest BCUT2D eigenvalue weighted by Crippen LogP contribution is -2.46. The number of hydrogen-bond donors (Lipinski definition) is 4. The molecule has 12 heavy (non-hydrogen) atoms. The Morgan fingerprint density at radius 2 is 2.42 bits per heavy atom. The van der Waals surface area contributed by atoms with E-state index in [1.54, 1.807) is 0 Å². The van der Waals surface area contributed by atoms with Gasteiger partial charge >= 0.3 is 5.97 Å². The standard InChI is InChI=1S/C5H8NO4PS/c7-4-2-11(10,12)1-3(6-4)5(8)9/h1,3,10,12H,2H2,(H,6,7)(H,8,9)/t3-,11?/m0/s1. The third-order valence-corrected chi connectivity index (χ3v) is 3.70. The maximum absolute atomic E-state index is 10.8. The minimum Gasteiger partial charge on any atom is -0.479 e. The molecule has 0 aromatic carbocycles. The number of carbonyl (C=O) groups is 2. The third kappa shape index (κ3) is 2.27. The molecule has 0 spiro atoms. The molecule has 68 valence electrons. The van der Waals surface area contributed by atoms with Crippen LogP contribution in [0.4, 0.5) is 0 Å². The molecule has 0 aromatic rings. The number of hydrogen-bond acceptors (Lipinski definition) is 4. The van der Waals surface area contributed by atoms with Crippen molar-refractivity contribution in [3.05, 3.63) is 0 Å². The number of carbonyl (C=O) groups excluding carboxylic acids is 1. The Morgan fingerprint density at radius 1 is 1.83 bits per heavy atom. The summed E-state index contributed by atoms with van der Waals surface area (Å²) in [4.78, 5) is 30.6. The highest BCUT2D eigenvalue weighted by atomic mass is 32.7. The van der Waals surface area contributed by atoms with Crippen molar-refractivity contribution in [1.82, 2.24) is 5.32 Å². The predicted molar refractivity (Wildman–Crippen MR) is 48.6 cm³/mol. The molecule has 7 heteroatoms. The highest BCUT2D eigenvalue weighted by Gasteiger charge is 2.28. The molecule has 1 heterocycles. The quantitative estimate of drug-likeness (QED) is 0.334. The van der Waals surface area contributed by atoms with Crippen molar-refractivity contribution in [1.29, 1.82) is 0 Å². The number of carboxylic acids is 1. The fraction of sp³-hybridized carbons (Fsp3) is 0.400. The molecule has 0 fully saturated rings. The molecule has 2 atom stereocenters. The topological polar surface area (TPSA) is 86.6 Å². The van der Waals surface area contributed by atoms with Gasteiger partial charge in [-0.25, -0.2) is 4.79 Å². The average molecular weight is 209 g/mol. The fourth-order valence-electron chi connectivity index (χ4n) is 0.885. The number of aliphatic carboxylic acids is 1. The Bertz CT molecular complexity index is 283. The van der Waals surface area contributed by atoms with Crippen LogP contribution in [0.15, 0.2) is 0 Å². The van der Waals surface area contributed by atoms with E-state index < -0.39 is 24.2 Å². The summed E-state index contributed by atoms with van der Waals surface area (Å²) in [6.07, 6.45) is -2.84. The summed E-state index contributed by atoms with van der Waals surface area (Å²) in [6.45, 7) is 0. The van der Waals surface area contributed by atoms with Crippen LogP contribution in [-0.4, -0.2) is 39.9 Å². The normalized spacial score (nSPS) is 35.2. The summed E-state index contributed by atoms with van der Waals surface area (Å²) in [5.41, 5.74) is 0. The summed E-state index contributed by atoms with van der Waals surface area (Å²) in [6, 6.07) is -1.11. The lowest BCUT2D eigenvalue weighted by molar-refractivity contribution is -0.139. The van der Waals surface area contributed by atoms with Gasteiger partial charge in [-0.1, -0.05) is 0 Å². The number of carboxylic acid groups (broad SMARTS) is 1. The molecule has 0 aromatic heterocycles. The molecule has 1 unspecified atom stereocenters. The van der Waals surface area contributed by atoms with Crippen LogP contribution in [0, 0.1) is 0 Å². The molecule has 1 aliphatic heterocycles. The van der Waals surface area contributed by atoms with E-state index in [9.17, 15) is 14.5 Å². The van der Waals surface area contributed by atoms with Crippen molar-refractivity contribution in [3.63, 3.8) is 0 Å². The molecule has 0 bridgehead atoms. The molecule has 1 rings (SSSR count). The molecule has 0 radical (unpaired) electrons. The Labute approximate surface area is 74.0 Å². The minimum atomic E-state index is -2.73. The molecule has 3 N–H and O–H groups in total. The predicted octanol–water partition coefficient (Wildman–Crippen LogP) is -0.859. The molecule has 0 aliphatic carbocycles. The van der Waals surface area contributed by atoms with Crippen molar-refractivity contribution in [2.24, 2.45) is 0 Å². The summed E-state index contributed by atoms with van der Waals surface area (Å²) >= 11 is 3.82. The van der Waals surface area contributed by atoms with Crippen LogP contribution >= 0.6 is 18.6 Å². The van der Waals surface area contributed by atoms with Gasteiger partial charge < -0.3 is 15.3 Å². The number of nitrogens with one attached hydrogen (secondary N) is 1. The zero-order valence-electron chi connectivity index (χ0n) is 5.97. The van der Waals surface area contributed by atoms with Crippen LogP contribution in [0.2, 0.25) is 0 Å². The lowest BCUT2D eigenvalue weighted by atomic mass is 10.3. The van der Waals surface area contributed by atoms with Crippen LogP contribution < -0.4 is 5.32 Å². The monoisotopic (exact) mass is 209 g/mol. The van der Waals surface area contributed by atoms with Gasteiger partial charge in [0.05, 0.1) is 12.5 Å². The van der Waals surface area contributed by atoms with Gasteiger partial charge in [-0.2, -0.15) is 0 Å². The summed E-state index contributed by atoms with van der Waals surface area (Å²) in [7, 11) is 0. The SMILES string of the molecule is O=C1CP(O)(S)=C[C@@H](C(=O)O)N1. The van der Waals surface area contributed by atoms with Gasteiger partial charge in [-0.3, -0.25) is 4.79 Å². The smallest absolute Gasteiger partial charge is 0.330 e. The molecule has 0 saturated heterocycles. The van der Waals surface area contributed by atoms with E-state index in [1.165, 1.54) is 5.80 Å². The highest BCUT2D eigenvalue weighted by molar-refractivity contribution is 8.49. The van der Waals surface area contributed by atoms with E-state index in [0.29, 0.717) is 0 Å². The number of amides is 1. The van der Waals surface area contributed by atoms with Gasteiger partial charge in [0.15, 0.2) is 0 Å². The second-order valence-corrected chi connectivity index (χ2v) is 6.74. The molecule has 1 aliphatic rings. The van der Waals surface area contributed by atoms with Crippen molar-refractivity contribution in [2.45, 2.75) is 6.04 Å². The van der Waals surface area contributed by atoms with Crippen LogP contribution in [0.5, 0.6) is 0 Å². The average Bonchev–Trinajstić information content (AvgIpc) is 1.82. The summed E-state index contributed by atoms with van der Waals surface area (Å²) in [5, 5.41) is 10.7. The van der Waals surface area contributed by atoms with Gasteiger partial charge in [-0.15, -0.1) is 12.2 Å². The van der Waals surface area contributed by atoms with Crippen molar-refractivity contribution in [3.8, 4) is 0 Å². The minimum absolute atomic E-state index is 0.111. The van der Waals surface area contributed by atoms with Crippen molar-refractivity contribution < 1.29 is 19.6 Å². The Hall–Kier alpha value is -0.450. The fourth-order valence-corrected chi connectivity index (χ4v) is 2.97. The summed E-state index contributed by atoms with van der Waals surface area (Å²) < 4.78 is 0. The first-order chi connectivity index (χ1) is 5.41. The Kier molecular flexibility index (Phi) is 2.51. The Balaban J connectivity index is 2.94. The highest BCUT2D eigenvalue weighted by Crippen LogP contribution is 2.47. The van der Waals surface area contributed by atoms with E-state index >= 15 is 0 Å². The largest absolute Gasteiger partial charge is 0.479 e. The molecule has 1 amide bonds. The van der Waals surface area contributed by atoms with Crippen molar-refractivity contribution in [2.75, 3.05) is 6.16 Å². The second-order valence-electron chi connectivity index (χ2n) is 2.48. The van der Waals surface area contributed by atoms with Crippen LogP contribution in [-0.2, 0) is 9.59 Å². The van der Waals surface area contributed by atoms with E-state index in [2.05, 4.69) is 17.6 Å². The van der Waals surface area contributed by atoms with E-state index in [-0.39, 0.29) is 6.16 Å². The van der Waals surface area contributed by atoms with Crippen molar-refractivity contribution >= 4 is 36.2 Å². The molecule has 5 nitrogen and oxygen atoms in total. The van der Waals surface area contributed by atoms with Gasteiger partial charge in [0, 0.05) is 0 Å². The van der Waals surface area contributed by atoms with E-state index in [4.69, 9.17) is 5.11 Å². The summed E-state index contributed by atoms with van der Waals surface area (Å²) in [5.74, 6) is -0.480. The van der Waals surface area contributed by atoms with E-state index in [0.717, 1.165) is 0 Å². The number of rotatable bonds is 1. The first kappa shape index (κ1) is 9.64. The van der Waals surface area contributed by atoms with Gasteiger partial charge in [0.1, 0.15) is 6.04 Å². The zero-order chi connectivity index (χ0) is 9.35. The first-order valence-electron chi connectivity index (χ1n) is 3.12.